The lowest BCUT2D eigenvalue weighted by molar-refractivity contribution is 0.100. The van der Waals surface area contributed by atoms with Crippen molar-refractivity contribution in [3.8, 4) is 0 Å². The van der Waals surface area contributed by atoms with E-state index in [0.29, 0.717) is 6.54 Å². The molecule has 3 heteroatoms. The van der Waals surface area contributed by atoms with E-state index >= 15 is 0 Å². The molecule has 0 spiro atoms. The molecule has 19 heavy (non-hydrogen) atoms. The van der Waals surface area contributed by atoms with E-state index in [0.717, 1.165) is 32.6 Å². The third-order valence-electron chi connectivity index (χ3n) is 3.73. The van der Waals surface area contributed by atoms with Gasteiger partial charge in [-0.15, -0.1) is 0 Å². The number of likely N-dealkylation sites (tertiary alicyclic amines) is 1. The van der Waals surface area contributed by atoms with E-state index in [1.807, 2.05) is 6.07 Å². The van der Waals surface area contributed by atoms with Crippen LogP contribution >= 0.6 is 0 Å². The van der Waals surface area contributed by atoms with E-state index in [9.17, 15) is 5.11 Å². The Balaban J connectivity index is 1.55. The van der Waals surface area contributed by atoms with Crippen LogP contribution in [0.25, 0.3) is 0 Å². The molecule has 1 fully saturated rings. The van der Waals surface area contributed by atoms with Gasteiger partial charge >= 0.3 is 0 Å². The summed E-state index contributed by atoms with van der Waals surface area (Å²) in [4.78, 5) is 2.38. The summed E-state index contributed by atoms with van der Waals surface area (Å²) in [6.45, 7) is 4.75. The average molecular weight is 262 g/mol. The van der Waals surface area contributed by atoms with Crippen LogP contribution in [0.1, 0.15) is 24.8 Å². The number of nitrogens with one attached hydrogen (secondary N) is 1. The van der Waals surface area contributed by atoms with Gasteiger partial charge < -0.3 is 15.3 Å². The van der Waals surface area contributed by atoms with Gasteiger partial charge in [-0.1, -0.05) is 36.8 Å². The number of hydrogen-bond acceptors (Lipinski definition) is 3. The Hall–Kier alpha value is -0.900. The summed E-state index contributed by atoms with van der Waals surface area (Å²) >= 11 is 0. The Morgan fingerprint density at radius 1 is 1.11 bits per heavy atom. The van der Waals surface area contributed by atoms with E-state index in [1.54, 1.807) is 0 Å². The molecule has 0 radical (unpaired) electrons. The van der Waals surface area contributed by atoms with Gasteiger partial charge in [-0.3, -0.25) is 0 Å². The van der Waals surface area contributed by atoms with Crippen molar-refractivity contribution in [2.24, 2.45) is 0 Å². The first-order valence-electron chi connectivity index (χ1n) is 7.49. The second kappa shape index (κ2) is 8.31. The van der Waals surface area contributed by atoms with Gasteiger partial charge in [-0.25, -0.2) is 0 Å². The molecule has 2 N–H and O–H groups in total. The zero-order chi connectivity index (χ0) is 13.3. The highest BCUT2D eigenvalue weighted by atomic mass is 16.3. The van der Waals surface area contributed by atoms with Gasteiger partial charge in [-0.2, -0.15) is 0 Å². The minimum absolute atomic E-state index is 0.242. The van der Waals surface area contributed by atoms with Crippen LogP contribution in [0.15, 0.2) is 30.3 Å². The van der Waals surface area contributed by atoms with Crippen molar-refractivity contribution in [3.63, 3.8) is 0 Å². The third-order valence-corrected chi connectivity index (χ3v) is 3.73. The quantitative estimate of drug-likeness (QED) is 0.734. The number of aliphatic hydroxyl groups excluding tert-OH is 1. The largest absolute Gasteiger partial charge is 0.390 e. The standard InChI is InChI=1S/C16H26N2O/c19-16(14-18-11-5-2-6-12-18)13-17-10-9-15-7-3-1-4-8-15/h1,3-4,7-8,16-17,19H,2,5-6,9-14H2. The highest BCUT2D eigenvalue weighted by molar-refractivity contribution is 5.14. The summed E-state index contributed by atoms with van der Waals surface area (Å²) in [5.41, 5.74) is 1.35. The maximum absolute atomic E-state index is 9.99. The van der Waals surface area contributed by atoms with Crippen molar-refractivity contribution in [1.29, 1.82) is 0 Å². The Morgan fingerprint density at radius 3 is 2.58 bits per heavy atom. The van der Waals surface area contributed by atoms with Crippen LogP contribution in [0.2, 0.25) is 0 Å². The predicted molar refractivity (Wildman–Crippen MR) is 79.3 cm³/mol. The molecule has 1 unspecified atom stereocenters. The summed E-state index contributed by atoms with van der Waals surface area (Å²) < 4.78 is 0. The zero-order valence-electron chi connectivity index (χ0n) is 11.7. The molecule has 1 aliphatic heterocycles. The first-order chi connectivity index (χ1) is 9.34. The van der Waals surface area contributed by atoms with Crippen LogP contribution in [0.3, 0.4) is 0 Å². The smallest absolute Gasteiger partial charge is 0.0791 e. The highest BCUT2D eigenvalue weighted by Gasteiger charge is 2.13. The van der Waals surface area contributed by atoms with Gasteiger partial charge in [0.1, 0.15) is 0 Å². The monoisotopic (exact) mass is 262 g/mol. The fraction of sp³-hybridized carbons (Fsp3) is 0.625. The molecule has 3 nitrogen and oxygen atoms in total. The summed E-state index contributed by atoms with van der Waals surface area (Å²) in [6, 6.07) is 10.5. The van der Waals surface area contributed by atoms with Crippen LogP contribution in [-0.2, 0) is 6.42 Å². The molecule has 0 amide bonds. The van der Waals surface area contributed by atoms with Crippen molar-refractivity contribution in [2.75, 3.05) is 32.7 Å². The molecule has 1 atom stereocenters. The summed E-state index contributed by atoms with van der Waals surface area (Å²) in [5.74, 6) is 0. The van der Waals surface area contributed by atoms with Gasteiger partial charge in [-0.05, 0) is 44.5 Å². The fourth-order valence-electron chi connectivity index (χ4n) is 2.65. The first kappa shape index (κ1) is 14.5. The Kier molecular flexibility index (Phi) is 6.34. The Bertz CT molecular complexity index is 336. The number of nitrogens with zero attached hydrogens (tertiary/aromatic N) is 1. The summed E-state index contributed by atoms with van der Waals surface area (Å²) in [7, 11) is 0. The molecule has 106 valence electrons. The lowest BCUT2D eigenvalue weighted by Crippen LogP contribution is -2.41. The molecule has 1 heterocycles. The van der Waals surface area contributed by atoms with Gasteiger partial charge in [0.05, 0.1) is 6.10 Å². The number of piperidine rings is 1. The lowest BCUT2D eigenvalue weighted by atomic mass is 10.1. The fourth-order valence-corrected chi connectivity index (χ4v) is 2.65. The normalized spacial score (nSPS) is 18.4. The molecule has 1 saturated heterocycles. The molecular weight excluding hydrogens is 236 g/mol. The molecule has 0 bridgehead atoms. The maximum Gasteiger partial charge on any atom is 0.0791 e. The van der Waals surface area contributed by atoms with Gasteiger partial charge in [0.25, 0.3) is 0 Å². The molecular formula is C16H26N2O. The molecule has 1 aromatic carbocycles. The number of benzene rings is 1. The molecule has 1 aromatic rings. The molecule has 0 aliphatic carbocycles. The second-order valence-corrected chi connectivity index (χ2v) is 5.45. The second-order valence-electron chi connectivity index (χ2n) is 5.45. The predicted octanol–water partition coefficient (Wildman–Crippen LogP) is 1.67. The van der Waals surface area contributed by atoms with Crippen LogP contribution in [-0.4, -0.2) is 48.8 Å². The molecule has 0 saturated carbocycles. The van der Waals surface area contributed by atoms with Crippen molar-refractivity contribution in [3.05, 3.63) is 35.9 Å². The maximum atomic E-state index is 9.99. The highest BCUT2D eigenvalue weighted by Crippen LogP contribution is 2.08. The molecule has 0 aromatic heterocycles. The first-order valence-corrected chi connectivity index (χ1v) is 7.49. The van der Waals surface area contributed by atoms with Crippen molar-refractivity contribution >= 4 is 0 Å². The van der Waals surface area contributed by atoms with E-state index in [4.69, 9.17) is 0 Å². The van der Waals surface area contributed by atoms with Crippen LogP contribution < -0.4 is 5.32 Å². The van der Waals surface area contributed by atoms with E-state index in [1.165, 1.54) is 24.8 Å². The third kappa shape index (κ3) is 5.72. The number of rotatable bonds is 7. The van der Waals surface area contributed by atoms with Gasteiger partial charge in [0.15, 0.2) is 0 Å². The lowest BCUT2D eigenvalue weighted by Gasteiger charge is -2.28. The number of hydrogen-bond donors (Lipinski definition) is 2. The van der Waals surface area contributed by atoms with Crippen LogP contribution in [0, 0.1) is 0 Å². The van der Waals surface area contributed by atoms with Gasteiger partial charge in [0.2, 0.25) is 0 Å². The number of β-amino-alcohol motifs (C(OH)–C–C–N with tert-alkyl or cyclic N) is 1. The SMILES string of the molecule is OC(CNCCc1ccccc1)CN1CCCCC1. The van der Waals surface area contributed by atoms with Crippen molar-refractivity contribution in [2.45, 2.75) is 31.8 Å². The average Bonchev–Trinajstić information content (AvgIpc) is 2.46. The minimum atomic E-state index is -0.242. The molecule has 2 rings (SSSR count). The zero-order valence-corrected chi connectivity index (χ0v) is 11.7. The Morgan fingerprint density at radius 2 is 1.84 bits per heavy atom. The summed E-state index contributed by atoms with van der Waals surface area (Å²) in [5, 5.41) is 13.3. The van der Waals surface area contributed by atoms with E-state index in [2.05, 4.69) is 34.5 Å². The molecule has 1 aliphatic rings. The van der Waals surface area contributed by atoms with E-state index < -0.39 is 0 Å². The van der Waals surface area contributed by atoms with Crippen molar-refractivity contribution in [1.82, 2.24) is 10.2 Å². The summed E-state index contributed by atoms with van der Waals surface area (Å²) in [6.07, 6.45) is 4.70. The van der Waals surface area contributed by atoms with Crippen LogP contribution in [0.5, 0.6) is 0 Å². The van der Waals surface area contributed by atoms with Gasteiger partial charge in [0, 0.05) is 13.1 Å². The minimum Gasteiger partial charge on any atom is -0.390 e. The number of aliphatic hydroxyl groups is 1. The Labute approximate surface area is 116 Å². The topological polar surface area (TPSA) is 35.5 Å². The van der Waals surface area contributed by atoms with Crippen LogP contribution in [0.4, 0.5) is 0 Å². The van der Waals surface area contributed by atoms with Crippen molar-refractivity contribution < 1.29 is 5.11 Å². The van der Waals surface area contributed by atoms with E-state index in [-0.39, 0.29) is 6.10 Å².